The quantitative estimate of drug-likeness (QED) is 0.763. The Kier molecular flexibility index (Phi) is 6.82. The second-order valence-corrected chi connectivity index (χ2v) is 5.72. The predicted octanol–water partition coefficient (Wildman–Crippen LogP) is 2.85. The summed E-state index contributed by atoms with van der Waals surface area (Å²) in [6, 6.07) is -0.166. The van der Waals surface area contributed by atoms with Crippen LogP contribution in [0.5, 0.6) is 0 Å². The summed E-state index contributed by atoms with van der Waals surface area (Å²) in [7, 11) is 1.79. The molecular weight excluding hydrogens is 256 g/mol. The number of carbonyl (C=O) groups excluding carboxylic acids is 1. The van der Waals surface area contributed by atoms with Gasteiger partial charge in [0.15, 0.2) is 0 Å². The summed E-state index contributed by atoms with van der Waals surface area (Å²) < 4.78 is 0. The van der Waals surface area contributed by atoms with Crippen molar-refractivity contribution in [2.75, 3.05) is 7.05 Å². The highest BCUT2D eigenvalue weighted by Gasteiger charge is 2.31. The fourth-order valence-electron chi connectivity index (χ4n) is 3.04. The molecule has 1 saturated carbocycles. The van der Waals surface area contributed by atoms with Gasteiger partial charge >= 0.3 is 12.0 Å². The van der Waals surface area contributed by atoms with E-state index in [9.17, 15) is 14.7 Å². The molecule has 0 spiro atoms. The van der Waals surface area contributed by atoms with Crippen LogP contribution in [0.1, 0.15) is 58.8 Å². The zero-order valence-corrected chi connectivity index (χ0v) is 12.9. The summed E-state index contributed by atoms with van der Waals surface area (Å²) >= 11 is 0. The van der Waals surface area contributed by atoms with Crippen LogP contribution < -0.4 is 5.32 Å². The number of hydrogen-bond donors (Lipinski definition) is 2. The van der Waals surface area contributed by atoms with Gasteiger partial charge in [0.2, 0.25) is 0 Å². The maximum Gasteiger partial charge on any atom is 0.317 e. The molecule has 5 heteroatoms. The highest BCUT2D eigenvalue weighted by molar-refractivity contribution is 5.77. The van der Waals surface area contributed by atoms with Crippen LogP contribution in [0.4, 0.5) is 4.79 Å². The van der Waals surface area contributed by atoms with E-state index in [4.69, 9.17) is 0 Å². The monoisotopic (exact) mass is 284 g/mol. The Labute approximate surface area is 121 Å². The number of nitrogens with zero attached hydrogens (tertiary/aromatic N) is 1. The van der Waals surface area contributed by atoms with Gasteiger partial charge in [-0.15, -0.1) is 0 Å². The van der Waals surface area contributed by atoms with E-state index in [1.54, 1.807) is 11.9 Å². The Bertz CT molecular complexity index is 329. The smallest absolute Gasteiger partial charge is 0.317 e. The van der Waals surface area contributed by atoms with E-state index in [1.807, 2.05) is 0 Å². The van der Waals surface area contributed by atoms with E-state index in [0.29, 0.717) is 6.42 Å². The van der Waals surface area contributed by atoms with Gasteiger partial charge in [-0.3, -0.25) is 4.79 Å². The minimum absolute atomic E-state index is 0.142. The number of amides is 2. The van der Waals surface area contributed by atoms with Crippen LogP contribution in [-0.2, 0) is 4.79 Å². The zero-order valence-electron chi connectivity index (χ0n) is 12.9. The summed E-state index contributed by atoms with van der Waals surface area (Å²) in [5, 5.41) is 12.3. The van der Waals surface area contributed by atoms with Crippen molar-refractivity contribution in [1.29, 1.82) is 0 Å². The lowest BCUT2D eigenvalue weighted by Crippen LogP contribution is -2.50. The van der Waals surface area contributed by atoms with E-state index < -0.39 is 11.9 Å². The van der Waals surface area contributed by atoms with Crippen molar-refractivity contribution in [3.8, 4) is 0 Å². The second-order valence-electron chi connectivity index (χ2n) is 5.72. The standard InChI is InChI=1S/C15H28N2O3/c1-4-11(5-2)17(3)15(20)16-13-10-8-6-7-9-12(13)14(18)19/h11-13H,4-10H2,1-3H3,(H,16,20)(H,18,19). The molecule has 0 aliphatic heterocycles. The maximum atomic E-state index is 12.3. The molecule has 0 heterocycles. The van der Waals surface area contributed by atoms with Crippen LogP contribution in [0.3, 0.4) is 0 Å². The summed E-state index contributed by atoms with van der Waals surface area (Å²) in [4.78, 5) is 25.3. The summed E-state index contributed by atoms with van der Waals surface area (Å²) in [5.41, 5.74) is 0. The van der Waals surface area contributed by atoms with Gasteiger partial charge < -0.3 is 15.3 Å². The second kappa shape index (κ2) is 8.12. The Morgan fingerprint density at radius 3 is 2.35 bits per heavy atom. The lowest BCUT2D eigenvalue weighted by atomic mass is 9.95. The molecular formula is C15H28N2O3. The lowest BCUT2D eigenvalue weighted by molar-refractivity contribution is -0.142. The first kappa shape index (κ1) is 16.8. The molecule has 2 amide bonds. The van der Waals surface area contributed by atoms with Crippen molar-refractivity contribution in [3.05, 3.63) is 0 Å². The van der Waals surface area contributed by atoms with E-state index in [1.165, 1.54) is 0 Å². The minimum Gasteiger partial charge on any atom is -0.481 e. The van der Waals surface area contributed by atoms with Crippen LogP contribution in [0.2, 0.25) is 0 Å². The Balaban J connectivity index is 2.67. The summed E-state index contributed by atoms with van der Waals surface area (Å²) in [6.45, 7) is 4.12. The number of hydrogen-bond acceptors (Lipinski definition) is 2. The molecule has 2 unspecified atom stereocenters. The maximum absolute atomic E-state index is 12.3. The van der Waals surface area contributed by atoms with Crippen LogP contribution in [0.25, 0.3) is 0 Å². The molecule has 20 heavy (non-hydrogen) atoms. The highest BCUT2D eigenvalue weighted by atomic mass is 16.4. The molecule has 2 atom stereocenters. The predicted molar refractivity (Wildman–Crippen MR) is 78.7 cm³/mol. The molecule has 2 N–H and O–H groups in total. The zero-order chi connectivity index (χ0) is 15.1. The van der Waals surface area contributed by atoms with E-state index >= 15 is 0 Å². The van der Waals surface area contributed by atoms with Crippen LogP contribution in [0.15, 0.2) is 0 Å². The van der Waals surface area contributed by atoms with Gasteiger partial charge in [0, 0.05) is 19.1 Å². The topological polar surface area (TPSA) is 69.6 Å². The number of nitrogens with one attached hydrogen (secondary N) is 1. The SMILES string of the molecule is CCC(CC)N(C)C(=O)NC1CCCCCC1C(=O)O. The molecule has 116 valence electrons. The molecule has 1 aliphatic carbocycles. The molecule has 1 rings (SSSR count). The molecule has 5 nitrogen and oxygen atoms in total. The summed E-state index contributed by atoms with van der Waals surface area (Å²) in [5.74, 6) is -1.24. The number of rotatable bonds is 5. The van der Waals surface area contributed by atoms with Gasteiger partial charge in [-0.05, 0) is 25.7 Å². The first-order valence-corrected chi connectivity index (χ1v) is 7.77. The van der Waals surface area contributed by atoms with Crippen molar-refractivity contribution in [1.82, 2.24) is 10.2 Å². The molecule has 0 aromatic rings. The van der Waals surface area contributed by atoms with E-state index in [-0.39, 0.29) is 18.1 Å². The molecule has 0 aromatic carbocycles. The molecule has 0 radical (unpaired) electrons. The largest absolute Gasteiger partial charge is 0.481 e. The van der Waals surface area contributed by atoms with Crippen molar-refractivity contribution in [2.24, 2.45) is 5.92 Å². The van der Waals surface area contributed by atoms with Gasteiger partial charge in [-0.1, -0.05) is 33.1 Å². The van der Waals surface area contributed by atoms with E-state index in [0.717, 1.165) is 38.5 Å². The summed E-state index contributed by atoms with van der Waals surface area (Å²) in [6.07, 6.45) is 6.23. The highest BCUT2D eigenvalue weighted by Crippen LogP contribution is 2.24. The number of carbonyl (C=O) groups is 2. The normalized spacial score (nSPS) is 23.2. The Hall–Kier alpha value is -1.26. The third kappa shape index (κ3) is 4.39. The van der Waals surface area contributed by atoms with Crippen molar-refractivity contribution in [2.45, 2.75) is 70.9 Å². The van der Waals surface area contributed by atoms with Crippen LogP contribution in [0, 0.1) is 5.92 Å². The van der Waals surface area contributed by atoms with Crippen molar-refractivity contribution < 1.29 is 14.7 Å². The van der Waals surface area contributed by atoms with Gasteiger partial charge in [0.05, 0.1) is 5.92 Å². The lowest BCUT2D eigenvalue weighted by Gasteiger charge is -2.30. The average Bonchev–Trinajstić information content (AvgIpc) is 2.65. The number of carboxylic acids is 1. The number of carboxylic acid groups (broad SMARTS) is 1. The first-order chi connectivity index (χ1) is 9.51. The van der Waals surface area contributed by atoms with Gasteiger partial charge in [0.25, 0.3) is 0 Å². The molecule has 0 bridgehead atoms. The fraction of sp³-hybridized carbons (Fsp3) is 0.867. The molecule has 0 saturated heterocycles. The van der Waals surface area contributed by atoms with Gasteiger partial charge in [-0.2, -0.15) is 0 Å². The molecule has 1 aliphatic rings. The fourth-order valence-corrected chi connectivity index (χ4v) is 3.04. The Morgan fingerprint density at radius 2 is 1.80 bits per heavy atom. The number of aliphatic carboxylic acids is 1. The van der Waals surface area contributed by atoms with Crippen LogP contribution in [-0.4, -0.2) is 41.1 Å². The average molecular weight is 284 g/mol. The minimum atomic E-state index is -0.789. The molecule has 0 aromatic heterocycles. The van der Waals surface area contributed by atoms with E-state index in [2.05, 4.69) is 19.2 Å². The Morgan fingerprint density at radius 1 is 1.20 bits per heavy atom. The third-order valence-corrected chi connectivity index (χ3v) is 4.45. The van der Waals surface area contributed by atoms with Crippen LogP contribution >= 0.6 is 0 Å². The number of urea groups is 1. The first-order valence-electron chi connectivity index (χ1n) is 7.77. The van der Waals surface area contributed by atoms with Crippen molar-refractivity contribution in [3.63, 3.8) is 0 Å². The van der Waals surface area contributed by atoms with Gasteiger partial charge in [-0.25, -0.2) is 4.79 Å². The third-order valence-electron chi connectivity index (χ3n) is 4.45. The molecule has 1 fully saturated rings. The van der Waals surface area contributed by atoms with Crippen molar-refractivity contribution >= 4 is 12.0 Å². The van der Waals surface area contributed by atoms with Gasteiger partial charge in [0.1, 0.15) is 0 Å².